The molecule has 2 aromatic rings. The molecular weight excluding hydrogens is 260 g/mol. The quantitative estimate of drug-likeness (QED) is 0.936. The van der Waals surface area contributed by atoms with Crippen LogP contribution in [0.4, 0.5) is 5.69 Å². The molecule has 1 atom stereocenters. The molecule has 0 aliphatic carbocycles. The fraction of sp³-hybridized carbons (Fsp3) is 0.412. The highest BCUT2D eigenvalue weighted by atomic mass is 15.2. The van der Waals surface area contributed by atoms with Gasteiger partial charge in [0, 0.05) is 30.7 Å². The van der Waals surface area contributed by atoms with Gasteiger partial charge in [-0.3, -0.25) is 0 Å². The molecular formula is C17H22N4. The topological polar surface area (TPSA) is 41.0 Å². The molecule has 3 rings (SSSR count). The lowest BCUT2D eigenvalue weighted by molar-refractivity contribution is 0.643. The second-order valence-electron chi connectivity index (χ2n) is 5.59. The van der Waals surface area contributed by atoms with Crippen LogP contribution in [-0.2, 0) is 13.0 Å². The number of nitrogens with one attached hydrogen (secondary N) is 1. The highest BCUT2D eigenvalue weighted by Gasteiger charge is 2.18. The van der Waals surface area contributed by atoms with E-state index in [-0.39, 0.29) is 0 Å². The van der Waals surface area contributed by atoms with Gasteiger partial charge in [-0.2, -0.15) is 0 Å². The molecule has 1 unspecified atom stereocenters. The Morgan fingerprint density at radius 3 is 2.86 bits per heavy atom. The number of hydrogen-bond donors (Lipinski definition) is 1. The first-order valence-corrected chi connectivity index (χ1v) is 7.59. The number of nitrogens with zero attached hydrogens (tertiary/aromatic N) is 3. The van der Waals surface area contributed by atoms with Crippen molar-refractivity contribution in [3.63, 3.8) is 0 Å². The van der Waals surface area contributed by atoms with Gasteiger partial charge in [0.25, 0.3) is 0 Å². The van der Waals surface area contributed by atoms with Gasteiger partial charge in [-0.25, -0.2) is 9.97 Å². The molecule has 0 fully saturated rings. The maximum Gasteiger partial charge on any atom is 0.147 e. The van der Waals surface area contributed by atoms with E-state index in [0.717, 1.165) is 25.3 Å². The van der Waals surface area contributed by atoms with Crippen LogP contribution in [0.2, 0.25) is 0 Å². The molecule has 0 saturated heterocycles. The Morgan fingerprint density at radius 2 is 2.10 bits per heavy atom. The number of fused-ring (bicyclic) bond motifs is 1. The molecule has 0 radical (unpaired) electrons. The highest BCUT2D eigenvalue weighted by molar-refractivity contribution is 5.57. The SMILES string of the molecule is CNC(C)c1ccc2c(c1)CCCN2Cc1ncccn1. The Hall–Kier alpha value is -1.94. The van der Waals surface area contributed by atoms with Crippen molar-refractivity contribution in [1.29, 1.82) is 0 Å². The van der Waals surface area contributed by atoms with E-state index in [1.807, 2.05) is 25.5 Å². The summed E-state index contributed by atoms with van der Waals surface area (Å²) >= 11 is 0. The molecule has 1 N–H and O–H groups in total. The first-order chi connectivity index (χ1) is 10.3. The number of anilines is 1. The average Bonchev–Trinajstić information content (AvgIpc) is 2.55. The Labute approximate surface area is 126 Å². The Balaban J connectivity index is 1.85. The van der Waals surface area contributed by atoms with Crippen LogP contribution >= 0.6 is 0 Å². The van der Waals surface area contributed by atoms with Crippen molar-refractivity contribution in [2.24, 2.45) is 0 Å². The average molecular weight is 282 g/mol. The summed E-state index contributed by atoms with van der Waals surface area (Å²) in [6.45, 7) is 4.06. The molecule has 1 aromatic heterocycles. The minimum absolute atomic E-state index is 0.392. The Bertz CT molecular complexity index is 597. The Kier molecular flexibility index (Phi) is 4.15. The van der Waals surface area contributed by atoms with Gasteiger partial charge in [-0.15, -0.1) is 0 Å². The lowest BCUT2D eigenvalue weighted by Crippen LogP contribution is -2.29. The van der Waals surface area contributed by atoms with E-state index in [9.17, 15) is 0 Å². The summed E-state index contributed by atoms with van der Waals surface area (Å²) in [5, 5.41) is 3.31. The van der Waals surface area contributed by atoms with Crippen molar-refractivity contribution in [3.8, 4) is 0 Å². The zero-order valence-corrected chi connectivity index (χ0v) is 12.7. The minimum atomic E-state index is 0.392. The summed E-state index contributed by atoms with van der Waals surface area (Å²) in [7, 11) is 2.00. The summed E-state index contributed by atoms with van der Waals surface area (Å²) in [6.07, 6.45) is 5.97. The lowest BCUT2D eigenvalue weighted by atomic mass is 9.97. The number of aromatic nitrogens is 2. The van der Waals surface area contributed by atoms with Gasteiger partial charge >= 0.3 is 0 Å². The third-order valence-electron chi connectivity index (χ3n) is 4.20. The van der Waals surface area contributed by atoms with E-state index >= 15 is 0 Å². The van der Waals surface area contributed by atoms with Crippen molar-refractivity contribution in [2.75, 3.05) is 18.5 Å². The molecule has 4 heteroatoms. The summed E-state index contributed by atoms with van der Waals surface area (Å²) in [5.74, 6) is 0.887. The third-order valence-corrected chi connectivity index (χ3v) is 4.20. The molecule has 0 spiro atoms. The van der Waals surface area contributed by atoms with Crippen LogP contribution in [-0.4, -0.2) is 23.6 Å². The van der Waals surface area contributed by atoms with Crippen LogP contribution in [0.15, 0.2) is 36.7 Å². The third kappa shape index (κ3) is 3.05. The zero-order valence-electron chi connectivity index (χ0n) is 12.7. The minimum Gasteiger partial charge on any atom is -0.364 e. The smallest absolute Gasteiger partial charge is 0.147 e. The van der Waals surface area contributed by atoms with E-state index in [4.69, 9.17) is 0 Å². The molecule has 0 bridgehead atoms. The predicted octanol–water partition coefficient (Wildman–Crippen LogP) is 2.71. The monoisotopic (exact) mass is 282 g/mol. The normalized spacial score (nSPS) is 15.6. The van der Waals surface area contributed by atoms with Gasteiger partial charge in [0.15, 0.2) is 0 Å². The number of benzene rings is 1. The van der Waals surface area contributed by atoms with Gasteiger partial charge < -0.3 is 10.2 Å². The van der Waals surface area contributed by atoms with E-state index in [2.05, 4.69) is 45.3 Å². The highest BCUT2D eigenvalue weighted by Crippen LogP contribution is 2.30. The zero-order chi connectivity index (χ0) is 14.7. The predicted molar refractivity (Wildman–Crippen MR) is 85.3 cm³/mol. The Morgan fingerprint density at radius 1 is 1.29 bits per heavy atom. The van der Waals surface area contributed by atoms with Crippen LogP contribution in [0.25, 0.3) is 0 Å². The molecule has 1 aliphatic heterocycles. The van der Waals surface area contributed by atoms with Crippen LogP contribution in [0.3, 0.4) is 0 Å². The summed E-state index contributed by atoms with van der Waals surface area (Å²) in [5.41, 5.74) is 4.13. The fourth-order valence-electron chi connectivity index (χ4n) is 2.88. The van der Waals surface area contributed by atoms with Gasteiger partial charge in [0.2, 0.25) is 0 Å². The molecule has 0 saturated carbocycles. The van der Waals surface area contributed by atoms with Crippen molar-refractivity contribution < 1.29 is 0 Å². The van der Waals surface area contributed by atoms with Crippen LogP contribution < -0.4 is 10.2 Å². The number of aryl methyl sites for hydroxylation is 1. The van der Waals surface area contributed by atoms with Gasteiger partial charge in [0.05, 0.1) is 6.54 Å². The second kappa shape index (κ2) is 6.22. The first-order valence-electron chi connectivity index (χ1n) is 7.59. The molecule has 1 aromatic carbocycles. The van der Waals surface area contributed by atoms with Gasteiger partial charge in [-0.1, -0.05) is 12.1 Å². The fourth-order valence-corrected chi connectivity index (χ4v) is 2.88. The summed E-state index contributed by atoms with van der Waals surface area (Å²) < 4.78 is 0. The lowest BCUT2D eigenvalue weighted by Gasteiger charge is -2.31. The van der Waals surface area contributed by atoms with Crippen molar-refractivity contribution in [2.45, 2.75) is 32.4 Å². The first kappa shape index (κ1) is 14.0. The van der Waals surface area contributed by atoms with Crippen LogP contribution in [0.5, 0.6) is 0 Å². The van der Waals surface area contributed by atoms with Crippen molar-refractivity contribution in [1.82, 2.24) is 15.3 Å². The maximum absolute atomic E-state index is 4.34. The molecule has 21 heavy (non-hydrogen) atoms. The summed E-state index contributed by atoms with van der Waals surface area (Å²) in [4.78, 5) is 11.1. The molecule has 4 nitrogen and oxygen atoms in total. The number of rotatable bonds is 4. The van der Waals surface area contributed by atoms with Crippen LogP contribution in [0, 0.1) is 0 Å². The molecule has 2 heterocycles. The van der Waals surface area contributed by atoms with Gasteiger partial charge in [-0.05, 0) is 50.1 Å². The molecule has 0 amide bonds. The largest absolute Gasteiger partial charge is 0.364 e. The summed E-state index contributed by atoms with van der Waals surface area (Å²) in [6, 6.07) is 9.07. The maximum atomic E-state index is 4.34. The van der Waals surface area contributed by atoms with Crippen molar-refractivity contribution >= 4 is 5.69 Å². The molecule has 1 aliphatic rings. The van der Waals surface area contributed by atoms with E-state index < -0.39 is 0 Å². The van der Waals surface area contributed by atoms with Crippen molar-refractivity contribution in [3.05, 3.63) is 53.6 Å². The van der Waals surface area contributed by atoms with E-state index in [1.165, 1.54) is 23.2 Å². The van der Waals surface area contributed by atoms with Gasteiger partial charge in [0.1, 0.15) is 5.82 Å². The second-order valence-corrected chi connectivity index (χ2v) is 5.59. The standard InChI is InChI=1S/C17H22N4/c1-13(18-2)14-6-7-16-15(11-14)5-3-10-21(16)12-17-19-8-4-9-20-17/h4,6-9,11,13,18H,3,5,10,12H2,1-2H3. The molecule has 110 valence electrons. The number of hydrogen-bond acceptors (Lipinski definition) is 4. The van der Waals surface area contributed by atoms with E-state index in [1.54, 1.807) is 0 Å². The van der Waals surface area contributed by atoms with E-state index in [0.29, 0.717) is 6.04 Å². The van der Waals surface area contributed by atoms with Crippen LogP contribution in [0.1, 0.15) is 36.3 Å².